The van der Waals surface area contributed by atoms with Crippen LogP contribution in [0, 0.1) is 12.8 Å². The van der Waals surface area contributed by atoms with Crippen LogP contribution in [0.4, 0.5) is 0 Å². The number of imidazole rings is 1. The van der Waals surface area contributed by atoms with Gasteiger partial charge < -0.3 is 14.7 Å². The highest BCUT2D eigenvalue weighted by molar-refractivity contribution is 7.89. The van der Waals surface area contributed by atoms with Gasteiger partial charge in [0.05, 0.1) is 41.3 Å². The predicted molar refractivity (Wildman–Crippen MR) is 129 cm³/mol. The van der Waals surface area contributed by atoms with Gasteiger partial charge in [0.2, 0.25) is 15.9 Å². The maximum atomic E-state index is 13.4. The topological polar surface area (TPSA) is 108 Å². The van der Waals surface area contributed by atoms with Crippen LogP contribution in [0.15, 0.2) is 76.2 Å². The number of fused-ring (bicyclic) bond motifs is 1. The molecule has 1 unspecified atom stereocenters. The fourth-order valence-corrected chi connectivity index (χ4v) is 5.07. The number of furan rings is 1. The molecule has 2 N–H and O–H groups in total. The zero-order chi connectivity index (χ0) is 24.3. The Hall–Kier alpha value is -3.43. The third-order valence-electron chi connectivity index (χ3n) is 5.58. The van der Waals surface area contributed by atoms with E-state index in [1.807, 2.05) is 45.0 Å². The van der Waals surface area contributed by atoms with Gasteiger partial charge in [-0.1, -0.05) is 43.7 Å². The van der Waals surface area contributed by atoms with Gasteiger partial charge in [-0.2, -0.15) is 4.31 Å². The number of amides is 1. The Morgan fingerprint density at radius 1 is 1.09 bits per heavy atom. The quantitative estimate of drug-likeness (QED) is 0.374. The maximum Gasteiger partial charge on any atom is 0.243 e. The van der Waals surface area contributed by atoms with Gasteiger partial charge in [0.25, 0.3) is 0 Å². The van der Waals surface area contributed by atoms with E-state index in [1.165, 1.54) is 6.26 Å². The summed E-state index contributed by atoms with van der Waals surface area (Å²) in [5, 5.41) is 2.97. The van der Waals surface area contributed by atoms with Crippen LogP contribution in [0.2, 0.25) is 0 Å². The normalized spacial score (nSPS) is 13.0. The maximum absolute atomic E-state index is 13.4. The van der Waals surface area contributed by atoms with Crippen molar-refractivity contribution in [1.82, 2.24) is 19.6 Å². The second-order valence-electron chi connectivity index (χ2n) is 8.59. The summed E-state index contributed by atoms with van der Waals surface area (Å²) in [6, 6.07) is 17.1. The number of hydrogen-bond donors (Lipinski definition) is 2. The molecule has 4 aromatic rings. The first-order valence-corrected chi connectivity index (χ1v) is 12.5. The summed E-state index contributed by atoms with van der Waals surface area (Å²) in [6.45, 7) is 5.41. The average Bonchev–Trinajstić information content (AvgIpc) is 3.46. The van der Waals surface area contributed by atoms with E-state index in [1.54, 1.807) is 36.4 Å². The highest BCUT2D eigenvalue weighted by atomic mass is 32.2. The van der Waals surface area contributed by atoms with E-state index in [0.29, 0.717) is 11.6 Å². The van der Waals surface area contributed by atoms with Crippen LogP contribution in [0.1, 0.15) is 37.0 Å². The molecular formula is C25H28N4O4S. The lowest BCUT2D eigenvalue weighted by atomic mass is 10.0. The van der Waals surface area contributed by atoms with Gasteiger partial charge in [0, 0.05) is 0 Å². The number of sulfonamides is 1. The van der Waals surface area contributed by atoms with Crippen molar-refractivity contribution in [2.24, 2.45) is 5.92 Å². The number of benzene rings is 2. The smallest absolute Gasteiger partial charge is 0.243 e. The Balaban J connectivity index is 1.58. The molecule has 0 saturated carbocycles. The lowest BCUT2D eigenvalue weighted by molar-refractivity contribution is -0.122. The van der Waals surface area contributed by atoms with Gasteiger partial charge in [-0.05, 0) is 49.2 Å². The zero-order valence-electron chi connectivity index (χ0n) is 19.4. The summed E-state index contributed by atoms with van der Waals surface area (Å²) in [5.41, 5.74) is 2.62. The second kappa shape index (κ2) is 9.82. The van der Waals surface area contributed by atoms with Crippen LogP contribution in [0.25, 0.3) is 11.0 Å². The van der Waals surface area contributed by atoms with Crippen molar-refractivity contribution in [2.45, 2.75) is 38.3 Å². The highest BCUT2D eigenvalue weighted by Crippen LogP contribution is 2.23. The monoisotopic (exact) mass is 480 g/mol. The third-order valence-corrected chi connectivity index (χ3v) is 7.38. The summed E-state index contributed by atoms with van der Waals surface area (Å²) in [7, 11) is -3.94. The SMILES string of the molecule is Cc1ccc(S(=O)(=O)N(CC(=O)NC(c2nc3ccccc3[nH]2)C(C)C)Cc2ccco2)cc1. The van der Waals surface area contributed by atoms with Crippen molar-refractivity contribution in [3.05, 3.63) is 84.1 Å². The number of aromatic amines is 1. The van der Waals surface area contributed by atoms with E-state index in [0.717, 1.165) is 20.9 Å². The molecule has 0 fully saturated rings. The number of aryl methyl sites for hydroxylation is 1. The van der Waals surface area contributed by atoms with Crippen molar-refractivity contribution in [1.29, 1.82) is 0 Å². The van der Waals surface area contributed by atoms with Crippen LogP contribution in [0.3, 0.4) is 0 Å². The van der Waals surface area contributed by atoms with E-state index in [9.17, 15) is 13.2 Å². The number of hydrogen-bond acceptors (Lipinski definition) is 5. The molecule has 4 rings (SSSR count). The molecule has 0 aliphatic rings. The summed E-state index contributed by atoms with van der Waals surface area (Å²) in [5.74, 6) is 0.669. The fourth-order valence-electron chi connectivity index (χ4n) is 3.71. The van der Waals surface area contributed by atoms with Crippen LogP contribution < -0.4 is 5.32 Å². The number of carbonyl (C=O) groups excluding carboxylic acids is 1. The Morgan fingerprint density at radius 3 is 2.47 bits per heavy atom. The number of H-pyrrole nitrogens is 1. The van der Waals surface area contributed by atoms with Crippen LogP contribution in [0.5, 0.6) is 0 Å². The van der Waals surface area contributed by atoms with E-state index >= 15 is 0 Å². The Morgan fingerprint density at radius 2 is 1.82 bits per heavy atom. The first-order valence-electron chi connectivity index (χ1n) is 11.1. The largest absolute Gasteiger partial charge is 0.468 e. The first kappa shape index (κ1) is 23.7. The van der Waals surface area contributed by atoms with Gasteiger partial charge in [-0.25, -0.2) is 13.4 Å². The molecule has 2 heterocycles. The molecule has 0 radical (unpaired) electrons. The second-order valence-corrected chi connectivity index (χ2v) is 10.5. The van der Waals surface area contributed by atoms with E-state index in [2.05, 4.69) is 15.3 Å². The molecule has 9 heteroatoms. The lowest BCUT2D eigenvalue weighted by Crippen LogP contribution is -2.42. The standard InChI is InChI=1S/C25H28N4O4S/c1-17(2)24(25-26-21-8-4-5-9-22(21)27-25)28-23(30)16-29(15-19-7-6-14-33-19)34(31,32)20-12-10-18(3)11-13-20/h4-14,17,24H,15-16H2,1-3H3,(H,26,27)(H,28,30). The molecule has 34 heavy (non-hydrogen) atoms. The van der Waals surface area contributed by atoms with Crippen LogP contribution in [-0.2, 0) is 21.4 Å². The van der Waals surface area contributed by atoms with Gasteiger partial charge in [0.1, 0.15) is 11.6 Å². The number of carbonyl (C=O) groups is 1. The van der Waals surface area contributed by atoms with Gasteiger partial charge in [-0.3, -0.25) is 4.79 Å². The molecule has 0 aliphatic carbocycles. The fraction of sp³-hybridized carbons (Fsp3) is 0.280. The number of para-hydroxylation sites is 2. The highest BCUT2D eigenvalue weighted by Gasteiger charge is 2.29. The summed E-state index contributed by atoms with van der Waals surface area (Å²) in [4.78, 5) is 21.1. The molecule has 178 valence electrons. The number of nitrogens with zero attached hydrogens (tertiary/aromatic N) is 2. The first-order chi connectivity index (χ1) is 16.2. The lowest BCUT2D eigenvalue weighted by Gasteiger charge is -2.24. The predicted octanol–water partition coefficient (Wildman–Crippen LogP) is 4.17. The molecule has 0 aliphatic heterocycles. The van der Waals surface area contributed by atoms with Gasteiger partial charge >= 0.3 is 0 Å². The molecule has 8 nitrogen and oxygen atoms in total. The summed E-state index contributed by atoms with van der Waals surface area (Å²) in [6.07, 6.45) is 1.47. The van der Waals surface area contributed by atoms with E-state index in [-0.39, 0.29) is 23.9 Å². The number of aromatic nitrogens is 2. The van der Waals surface area contributed by atoms with Crippen LogP contribution in [-0.4, -0.2) is 35.1 Å². The van der Waals surface area contributed by atoms with Crippen molar-refractivity contribution >= 4 is 27.0 Å². The zero-order valence-corrected chi connectivity index (χ0v) is 20.2. The van der Waals surface area contributed by atoms with Gasteiger partial charge in [-0.15, -0.1) is 0 Å². The average molecular weight is 481 g/mol. The van der Waals surface area contributed by atoms with Gasteiger partial charge in [0.15, 0.2) is 0 Å². The Kier molecular flexibility index (Phi) is 6.85. The third kappa shape index (κ3) is 5.21. The van der Waals surface area contributed by atoms with Crippen molar-refractivity contribution in [3.8, 4) is 0 Å². The molecule has 0 spiro atoms. The number of nitrogens with one attached hydrogen (secondary N) is 2. The molecule has 0 bridgehead atoms. The molecule has 2 aromatic heterocycles. The van der Waals surface area contributed by atoms with Crippen LogP contribution >= 0.6 is 0 Å². The minimum Gasteiger partial charge on any atom is -0.468 e. The minimum atomic E-state index is -3.94. The number of rotatable bonds is 9. The molecule has 1 amide bonds. The van der Waals surface area contributed by atoms with E-state index in [4.69, 9.17) is 4.42 Å². The Labute approximate surface area is 199 Å². The molecule has 0 saturated heterocycles. The minimum absolute atomic E-state index is 0.0248. The summed E-state index contributed by atoms with van der Waals surface area (Å²) >= 11 is 0. The van der Waals surface area contributed by atoms with Crippen molar-refractivity contribution in [2.75, 3.05) is 6.54 Å². The molecule has 1 atom stereocenters. The van der Waals surface area contributed by atoms with E-state index < -0.39 is 22.0 Å². The van der Waals surface area contributed by atoms with Crippen molar-refractivity contribution in [3.63, 3.8) is 0 Å². The molecule has 2 aromatic carbocycles. The Bertz CT molecular complexity index is 1330. The molecular weight excluding hydrogens is 452 g/mol. The van der Waals surface area contributed by atoms with Crippen molar-refractivity contribution < 1.29 is 17.6 Å². The summed E-state index contributed by atoms with van der Waals surface area (Å²) < 4.78 is 33.3.